The van der Waals surface area contributed by atoms with E-state index in [1.807, 2.05) is 4.90 Å². The minimum atomic E-state index is -3.62. The Bertz CT molecular complexity index is 826. The Balaban J connectivity index is 0.00000225. The summed E-state index contributed by atoms with van der Waals surface area (Å²) in [6.45, 7) is 4.68. The molecule has 28 heavy (non-hydrogen) atoms. The molecule has 2 atom stereocenters. The van der Waals surface area contributed by atoms with Crippen molar-refractivity contribution in [1.82, 2.24) is 14.5 Å². The SMILES string of the molecule is Cc1ccc(C(=O)N2CCC3CCC(C2)N3)cc1S(=O)(=O)N1CCOCC1.Cl. The predicted octanol–water partition coefficient (Wildman–Crippen LogP) is 1.40. The van der Waals surface area contributed by atoms with Crippen molar-refractivity contribution in [3.05, 3.63) is 29.3 Å². The van der Waals surface area contributed by atoms with Crippen molar-refractivity contribution in [3.8, 4) is 0 Å². The minimum absolute atomic E-state index is 0. The van der Waals surface area contributed by atoms with Gasteiger partial charge in [0.05, 0.1) is 18.1 Å². The number of sulfonamides is 1. The Kier molecular flexibility index (Phi) is 6.66. The zero-order valence-corrected chi connectivity index (χ0v) is 17.7. The maximum atomic E-state index is 13.1. The third-order valence-electron chi connectivity index (χ3n) is 5.83. The van der Waals surface area contributed by atoms with Crippen LogP contribution in [0.15, 0.2) is 23.1 Å². The van der Waals surface area contributed by atoms with E-state index in [9.17, 15) is 13.2 Å². The zero-order valence-electron chi connectivity index (χ0n) is 16.1. The van der Waals surface area contributed by atoms with Gasteiger partial charge in [-0.25, -0.2) is 8.42 Å². The van der Waals surface area contributed by atoms with E-state index in [2.05, 4.69) is 5.32 Å². The van der Waals surface area contributed by atoms with E-state index in [0.717, 1.165) is 12.8 Å². The van der Waals surface area contributed by atoms with E-state index >= 15 is 0 Å². The Hall–Kier alpha value is -1.19. The lowest BCUT2D eigenvalue weighted by Gasteiger charge is -2.27. The number of amides is 1. The fourth-order valence-corrected chi connectivity index (χ4v) is 5.91. The summed E-state index contributed by atoms with van der Waals surface area (Å²) in [7, 11) is -3.62. The number of likely N-dealkylation sites (tertiary alicyclic amines) is 1. The number of hydrogen-bond donors (Lipinski definition) is 1. The molecule has 3 fully saturated rings. The molecule has 0 spiro atoms. The molecule has 0 saturated carbocycles. The molecule has 2 unspecified atom stereocenters. The molecule has 9 heteroatoms. The van der Waals surface area contributed by atoms with Crippen molar-refractivity contribution in [3.63, 3.8) is 0 Å². The quantitative estimate of drug-likeness (QED) is 0.785. The minimum Gasteiger partial charge on any atom is -0.379 e. The molecule has 4 rings (SSSR count). The molecule has 3 saturated heterocycles. The molecule has 0 aliphatic carbocycles. The van der Waals surface area contributed by atoms with Gasteiger partial charge in [0.1, 0.15) is 0 Å². The van der Waals surface area contributed by atoms with Crippen molar-refractivity contribution in [2.75, 3.05) is 39.4 Å². The highest BCUT2D eigenvalue weighted by atomic mass is 35.5. The highest BCUT2D eigenvalue weighted by molar-refractivity contribution is 7.89. The Morgan fingerprint density at radius 2 is 1.82 bits per heavy atom. The van der Waals surface area contributed by atoms with Crippen LogP contribution in [0.1, 0.15) is 35.2 Å². The van der Waals surface area contributed by atoms with E-state index < -0.39 is 10.0 Å². The second-order valence-corrected chi connectivity index (χ2v) is 9.58. The summed E-state index contributed by atoms with van der Waals surface area (Å²) >= 11 is 0. The van der Waals surface area contributed by atoms with Gasteiger partial charge in [0.2, 0.25) is 10.0 Å². The van der Waals surface area contributed by atoms with Crippen molar-refractivity contribution in [2.24, 2.45) is 0 Å². The van der Waals surface area contributed by atoms with Gasteiger partial charge in [-0.3, -0.25) is 4.79 Å². The second kappa shape index (κ2) is 8.67. The molecule has 0 radical (unpaired) electrons. The highest BCUT2D eigenvalue weighted by Gasteiger charge is 2.33. The average Bonchev–Trinajstić information content (AvgIpc) is 3.01. The first-order valence-corrected chi connectivity index (χ1v) is 11.1. The summed E-state index contributed by atoms with van der Waals surface area (Å²) < 4.78 is 32.8. The second-order valence-electron chi connectivity index (χ2n) is 7.67. The molecule has 1 amide bonds. The highest BCUT2D eigenvalue weighted by Crippen LogP contribution is 2.25. The largest absolute Gasteiger partial charge is 0.379 e. The van der Waals surface area contributed by atoms with Crippen molar-refractivity contribution in [1.29, 1.82) is 0 Å². The standard InChI is InChI=1S/C19H27N3O4S.ClH/c1-14-2-3-15(12-18(14)27(24,25)22-8-10-26-11-9-22)19(23)21-7-6-16-4-5-17(13-21)20-16;/h2-3,12,16-17,20H,4-11,13H2,1H3;1H. The molecular formula is C19H28ClN3O4S. The maximum Gasteiger partial charge on any atom is 0.253 e. The topological polar surface area (TPSA) is 79.0 Å². The molecule has 0 aromatic heterocycles. The number of halogens is 1. The molecule has 3 heterocycles. The Labute approximate surface area is 172 Å². The van der Waals surface area contributed by atoms with Crippen LogP contribution in [0.25, 0.3) is 0 Å². The monoisotopic (exact) mass is 429 g/mol. The van der Waals surface area contributed by atoms with E-state index in [1.165, 1.54) is 10.7 Å². The van der Waals surface area contributed by atoms with Gasteiger partial charge >= 0.3 is 0 Å². The van der Waals surface area contributed by atoms with Crippen LogP contribution < -0.4 is 5.32 Å². The fourth-order valence-electron chi connectivity index (χ4n) is 4.25. The van der Waals surface area contributed by atoms with Gasteiger partial charge in [-0.1, -0.05) is 6.07 Å². The molecule has 3 aliphatic rings. The lowest BCUT2D eigenvalue weighted by atomic mass is 10.1. The van der Waals surface area contributed by atoms with Crippen LogP contribution in [0.5, 0.6) is 0 Å². The number of fused-ring (bicyclic) bond motifs is 2. The Morgan fingerprint density at radius 3 is 2.57 bits per heavy atom. The number of aryl methyl sites for hydroxylation is 1. The van der Waals surface area contributed by atoms with Gasteiger partial charge < -0.3 is 15.0 Å². The first-order valence-electron chi connectivity index (χ1n) is 9.69. The third kappa shape index (κ3) is 4.21. The fraction of sp³-hybridized carbons (Fsp3) is 0.632. The third-order valence-corrected chi connectivity index (χ3v) is 7.87. The number of carbonyl (C=O) groups is 1. The van der Waals surface area contributed by atoms with Crippen LogP contribution in [0.2, 0.25) is 0 Å². The smallest absolute Gasteiger partial charge is 0.253 e. The summed E-state index contributed by atoms with van der Waals surface area (Å²) in [5.41, 5.74) is 1.11. The summed E-state index contributed by atoms with van der Waals surface area (Å²) in [6, 6.07) is 5.89. The van der Waals surface area contributed by atoms with Crippen molar-refractivity contribution < 1.29 is 17.9 Å². The molecule has 1 aromatic carbocycles. The molecule has 156 valence electrons. The average molecular weight is 430 g/mol. The first-order chi connectivity index (χ1) is 12.9. The summed E-state index contributed by atoms with van der Waals surface area (Å²) in [6.07, 6.45) is 3.23. The molecule has 7 nitrogen and oxygen atoms in total. The molecule has 1 N–H and O–H groups in total. The van der Waals surface area contributed by atoms with Gasteiger partial charge in [0.25, 0.3) is 5.91 Å². The number of morpholine rings is 1. The van der Waals surface area contributed by atoms with Crippen LogP contribution >= 0.6 is 12.4 Å². The van der Waals surface area contributed by atoms with Gasteiger partial charge in [-0.15, -0.1) is 12.4 Å². The first kappa shape index (κ1) is 21.5. The molecule has 3 aliphatic heterocycles. The van der Waals surface area contributed by atoms with Crippen LogP contribution in [0.3, 0.4) is 0 Å². The maximum absolute atomic E-state index is 13.1. The molecular weight excluding hydrogens is 402 g/mol. The number of rotatable bonds is 3. The van der Waals surface area contributed by atoms with E-state index in [4.69, 9.17) is 4.74 Å². The normalized spacial score (nSPS) is 25.8. The van der Waals surface area contributed by atoms with Gasteiger partial charge in [0, 0.05) is 43.8 Å². The number of carbonyl (C=O) groups excluding carboxylic acids is 1. The van der Waals surface area contributed by atoms with Crippen LogP contribution in [0, 0.1) is 6.92 Å². The van der Waals surface area contributed by atoms with E-state index in [0.29, 0.717) is 62.6 Å². The molecule has 2 bridgehead atoms. The van der Waals surface area contributed by atoms with Crippen molar-refractivity contribution in [2.45, 2.75) is 43.2 Å². The van der Waals surface area contributed by atoms with Crippen LogP contribution in [-0.2, 0) is 14.8 Å². The van der Waals surface area contributed by atoms with Crippen molar-refractivity contribution >= 4 is 28.3 Å². The van der Waals surface area contributed by atoms with Gasteiger partial charge in [-0.05, 0) is 43.9 Å². The number of nitrogens with zero attached hydrogens (tertiary/aromatic N) is 2. The lowest BCUT2D eigenvalue weighted by Crippen LogP contribution is -2.41. The van der Waals surface area contributed by atoms with Gasteiger partial charge in [0.15, 0.2) is 0 Å². The summed E-state index contributed by atoms with van der Waals surface area (Å²) in [5.74, 6) is -0.0808. The van der Waals surface area contributed by atoms with Crippen LogP contribution in [0.4, 0.5) is 0 Å². The Morgan fingerprint density at radius 1 is 1.11 bits per heavy atom. The van der Waals surface area contributed by atoms with Gasteiger partial charge in [-0.2, -0.15) is 4.31 Å². The number of nitrogens with one attached hydrogen (secondary N) is 1. The predicted molar refractivity (Wildman–Crippen MR) is 108 cm³/mol. The summed E-state index contributed by atoms with van der Waals surface area (Å²) in [4.78, 5) is 15.2. The van der Waals surface area contributed by atoms with E-state index in [-0.39, 0.29) is 23.2 Å². The summed E-state index contributed by atoms with van der Waals surface area (Å²) in [5, 5.41) is 3.57. The number of benzene rings is 1. The zero-order chi connectivity index (χ0) is 19.0. The number of hydrogen-bond acceptors (Lipinski definition) is 5. The van der Waals surface area contributed by atoms with E-state index in [1.54, 1.807) is 25.1 Å². The lowest BCUT2D eigenvalue weighted by molar-refractivity contribution is 0.0729. The van der Waals surface area contributed by atoms with Crippen LogP contribution in [-0.4, -0.2) is 75.0 Å². The molecule has 1 aromatic rings. The number of ether oxygens (including phenoxy) is 1.